The zero-order valence-electron chi connectivity index (χ0n) is 15.9. The van der Waals surface area contributed by atoms with Gasteiger partial charge in [0, 0.05) is 38.9 Å². The highest BCUT2D eigenvalue weighted by atomic mass is 127. The average Bonchev–Trinajstić information content (AvgIpc) is 2.61. The van der Waals surface area contributed by atoms with Crippen LogP contribution in [0.3, 0.4) is 0 Å². The van der Waals surface area contributed by atoms with Crippen molar-refractivity contribution in [2.75, 3.05) is 60.2 Å². The Bertz CT molecular complexity index is 489. The Labute approximate surface area is 179 Å². The van der Waals surface area contributed by atoms with E-state index in [-0.39, 0.29) is 24.0 Å². The van der Waals surface area contributed by atoms with Crippen molar-refractivity contribution in [2.45, 2.75) is 13.3 Å². The van der Waals surface area contributed by atoms with Gasteiger partial charge in [-0.2, -0.15) is 0 Å². The number of benzene rings is 1. The molecule has 1 N–H and O–H groups in total. The molecule has 0 atom stereocenters. The summed E-state index contributed by atoms with van der Waals surface area (Å²) in [5.41, 5.74) is 0. The maximum Gasteiger partial charge on any atom is 0.193 e. The second-order valence-electron chi connectivity index (χ2n) is 5.42. The molecule has 0 saturated heterocycles. The molecule has 0 spiro atoms. The summed E-state index contributed by atoms with van der Waals surface area (Å²) in [5.74, 6) is 1.69. The van der Waals surface area contributed by atoms with Gasteiger partial charge in [0.1, 0.15) is 12.4 Å². The van der Waals surface area contributed by atoms with Crippen molar-refractivity contribution in [1.82, 2.24) is 10.2 Å². The summed E-state index contributed by atoms with van der Waals surface area (Å²) < 4.78 is 16.1. The van der Waals surface area contributed by atoms with Crippen molar-refractivity contribution in [1.29, 1.82) is 0 Å². The van der Waals surface area contributed by atoms with E-state index in [9.17, 15) is 0 Å². The highest BCUT2D eigenvalue weighted by Crippen LogP contribution is 2.15. The summed E-state index contributed by atoms with van der Waals surface area (Å²) in [6.07, 6.45) is 0.883. The molecule has 0 bridgehead atoms. The third-order valence-corrected chi connectivity index (χ3v) is 3.60. The maximum absolute atomic E-state index is 5.87. The number of nitrogens with one attached hydrogen (secondary N) is 1. The zero-order valence-corrected chi connectivity index (χ0v) is 19.0. The van der Waals surface area contributed by atoms with Crippen molar-refractivity contribution in [3.05, 3.63) is 29.3 Å². The Balaban J connectivity index is 0.00000625. The molecule has 0 amide bonds. The first-order valence-electron chi connectivity index (χ1n) is 8.61. The molecule has 0 aliphatic heterocycles. The summed E-state index contributed by atoms with van der Waals surface area (Å²) in [4.78, 5) is 6.68. The monoisotopic (exact) mass is 499 g/mol. The molecule has 8 heteroatoms. The van der Waals surface area contributed by atoms with E-state index in [1.54, 1.807) is 7.11 Å². The van der Waals surface area contributed by atoms with Crippen LogP contribution in [0.15, 0.2) is 29.3 Å². The Hall–Kier alpha value is -0.770. The smallest absolute Gasteiger partial charge is 0.193 e. The molecule has 6 nitrogen and oxygen atoms in total. The molecule has 0 aliphatic rings. The van der Waals surface area contributed by atoms with Gasteiger partial charge in [-0.15, -0.1) is 24.0 Å². The predicted molar refractivity (Wildman–Crippen MR) is 118 cm³/mol. The molecular weight excluding hydrogens is 469 g/mol. The summed E-state index contributed by atoms with van der Waals surface area (Å²) in [7, 11) is 3.67. The SMILES string of the molecule is CCNC(=NCCCOCCOC)N(C)CCOc1ccc(Cl)cc1.I. The maximum atomic E-state index is 5.87. The fourth-order valence-corrected chi connectivity index (χ4v) is 2.13. The zero-order chi connectivity index (χ0) is 18.3. The number of rotatable bonds is 12. The number of guanidine groups is 1. The third-order valence-electron chi connectivity index (χ3n) is 3.35. The van der Waals surface area contributed by atoms with Crippen LogP contribution in [0.1, 0.15) is 13.3 Å². The number of nitrogens with zero attached hydrogens (tertiary/aromatic N) is 2. The molecule has 0 aromatic heterocycles. The van der Waals surface area contributed by atoms with E-state index in [2.05, 4.69) is 22.1 Å². The molecule has 1 rings (SSSR count). The number of likely N-dealkylation sites (N-methyl/N-ethyl adjacent to an activating group) is 1. The van der Waals surface area contributed by atoms with E-state index in [1.807, 2.05) is 31.3 Å². The van der Waals surface area contributed by atoms with Gasteiger partial charge in [0.05, 0.1) is 19.8 Å². The van der Waals surface area contributed by atoms with Crippen molar-refractivity contribution in [3.63, 3.8) is 0 Å². The van der Waals surface area contributed by atoms with Crippen LogP contribution >= 0.6 is 35.6 Å². The largest absolute Gasteiger partial charge is 0.492 e. The van der Waals surface area contributed by atoms with E-state index in [0.717, 1.165) is 37.8 Å². The van der Waals surface area contributed by atoms with Crippen molar-refractivity contribution in [2.24, 2.45) is 4.99 Å². The Morgan fingerprint density at radius 1 is 1.15 bits per heavy atom. The van der Waals surface area contributed by atoms with Crippen LogP contribution in [-0.4, -0.2) is 71.1 Å². The molecule has 150 valence electrons. The molecule has 0 radical (unpaired) electrons. The van der Waals surface area contributed by atoms with Gasteiger partial charge in [0.15, 0.2) is 5.96 Å². The Morgan fingerprint density at radius 3 is 2.54 bits per heavy atom. The number of halogens is 2. The van der Waals surface area contributed by atoms with Crippen LogP contribution in [0, 0.1) is 0 Å². The molecule has 26 heavy (non-hydrogen) atoms. The first-order chi connectivity index (χ1) is 12.2. The predicted octanol–water partition coefficient (Wildman–Crippen LogP) is 3.29. The minimum Gasteiger partial charge on any atom is -0.492 e. The number of methoxy groups -OCH3 is 1. The number of ether oxygens (including phenoxy) is 3. The van der Waals surface area contributed by atoms with Gasteiger partial charge >= 0.3 is 0 Å². The summed E-state index contributed by atoms with van der Waals surface area (Å²) >= 11 is 5.87. The molecular formula is C18H31ClIN3O3. The fraction of sp³-hybridized carbons (Fsp3) is 0.611. The van der Waals surface area contributed by atoms with Crippen molar-refractivity contribution in [3.8, 4) is 5.75 Å². The third kappa shape index (κ3) is 11.8. The van der Waals surface area contributed by atoms with Gasteiger partial charge in [-0.05, 0) is 37.6 Å². The van der Waals surface area contributed by atoms with Gasteiger partial charge in [-0.3, -0.25) is 4.99 Å². The normalized spacial score (nSPS) is 11.0. The summed E-state index contributed by atoms with van der Waals surface area (Å²) in [5, 5.41) is 4.00. The summed E-state index contributed by atoms with van der Waals surface area (Å²) in [6, 6.07) is 7.37. The lowest BCUT2D eigenvalue weighted by Crippen LogP contribution is -2.41. The van der Waals surface area contributed by atoms with Crippen LogP contribution < -0.4 is 10.1 Å². The fourth-order valence-electron chi connectivity index (χ4n) is 2.00. The first-order valence-corrected chi connectivity index (χ1v) is 8.99. The van der Waals surface area contributed by atoms with Crippen LogP contribution in [0.2, 0.25) is 5.02 Å². The standard InChI is InChI=1S/C18H30ClN3O3.HI/c1-4-20-18(21-10-5-12-24-15-14-23-3)22(2)11-13-25-17-8-6-16(19)7-9-17;/h6-9H,4-5,10-15H2,1-3H3,(H,20,21);1H. The lowest BCUT2D eigenvalue weighted by molar-refractivity contribution is 0.0702. The molecule has 0 saturated carbocycles. The average molecular weight is 500 g/mol. The van der Waals surface area contributed by atoms with Crippen LogP contribution in [0.5, 0.6) is 5.75 Å². The summed E-state index contributed by atoms with van der Waals surface area (Å²) in [6.45, 7) is 6.85. The highest BCUT2D eigenvalue weighted by Gasteiger charge is 2.05. The van der Waals surface area contributed by atoms with E-state index < -0.39 is 0 Å². The van der Waals surface area contributed by atoms with Crippen molar-refractivity contribution >= 4 is 41.5 Å². The van der Waals surface area contributed by atoms with Gasteiger partial charge in [0.2, 0.25) is 0 Å². The molecule has 0 aliphatic carbocycles. The highest BCUT2D eigenvalue weighted by molar-refractivity contribution is 14.0. The topological polar surface area (TPSA) is 55.3 Å². The molecule has 1 aromatic carbocycles. The molecule has 1 aromatic rings. The lowest BCUT2D eigenvalue weighted by Gasteiger charge is -2.22. The van der Waals surface area contributed by atoms with Gasteiger partial charge in [-0.1, -0.05) is 11.6 Å². The van der Waals surface area contributed by atoms with Crippen LogP contribution in [0.4, 0.5) is 0 Å². The van der Waals surface area contributed by atoms with Gasteiger partial charge < -0.3 is 24.4 Å². The number of hydrogen-bond donors (Lipinski definition) is 1. The second kappa shape index (κ2) is 16.4. The van der Waals surface area contributed by atoms with E-state index in [1.165, 1.54) is 0 Å². The lowest BCUT2D eigenvalue weighted by atomic mass is 10.3. The van der Waals surface area contributed by atoms with Gasteiger partial charge in [0.25, 0.3) is 0 Å². The van der Waals surface area contributed by atoms with Crippen LogP contribution in [-0.2, 0) is 9.47 Å². The molecule has 0 fully saturated rings. The Morgan fingerprint density at radius 2 is 1.88 bits per heavy atom. The first kappa shape index (κ1) is 25.2. The quantitative estimate of drug-likeness (QED) is 0.207. The van der Waals surface area contributed by atoms with Gasteiger partial charge in [-0.25, -0.2) is 0 Å². The second-order valence-corrected chi connectivity index (χ2v) is 5.85. The minimum absolute atomic E-state index is 0. The number of hydrogen-bond acceptors (Lipinski definition) is 4. The molecule has 0 heterocycles. The number of aliphatic imine (C=N–C) groups is 1. The van der Waals surface area contributed by atoms with Crippen LogP contribution in [0.25, 0.3) is 0 Å². The van der Waals surface area contributed by atoms with E-state index >= 15 is 0 Å². The van der Waals surface area contributed by atoms with E-state index in [4.69, 9.17) is 25.8 Å². The Kier molecular flexibility index (Phi) is 15.9. The van der Waals surface area contributed by atoms with E-state index in [0.29, 0.717) is 31.5 Å². The van der Waals surface area contributed by atoms with Crippen molar-refractivity contribution < 1.29 is 14.2 Å². The minimum atomic E-state index is 0. The molecule has 0 unspecified atom stereocenters.